The summed E-state index contributed by atoms with van der Waals surface area (Å²) in [5.74, 6) is 1.23. The monoisotopic (exact) mass is 442 g/mol. The van der Waals surface area contributed by atoms with Gasteiger partial charge in [0.05, 0.1) is 26.4 Å². The fraction of sp³-hybridized carbons (Fsp3) is 0.480. The van der Waals surface area contributed by atoms with E-state index in [9.17, 15) is 4.79 Å². The third kappa shape index (κ3) is 6.61. The van der Waals surface area contributed by atoms with Crippen molar-refractivity contribution in [2.24, 2.45) is 0 Å². The quantitative estimate of drug-likeness (QED) is 0.568. The predicted molar refractivity (Wildman–Crippen MR) is 124 cm³/mol. The lowest BCUT2D eigenvalue weighted by atomic mass is 10.1. The summed E-state index contributed by atoms with van der Waals surface area (Å²) in [5.41, 5.74) is 1.50. The molecule has 1 aliphatic heterocycles. The summed E-state index contributed by atoms with van der Waals surface area (Å²) in [6, 6.07) is 13.2. The van der Waals surface area contributed by atoms with Crippen molar-refractivity contribution >= 4 is 5.91 Å². The van der Waals surface area contributed by atoms with Crippen molar-refractivity contribution in [3.8, 4) is 17.2 Å². The third-order valence-corrected chi connectivity index (χ3v) is 5.38. The molecule has 7 nitrogen and oxygen atoms in total. The van der Waals surface area contributed by atoms with Gasteiger partial charge in [0.1, 0.15) is 6.61 Å². The smallest absolute Gasteiger partial charge is 0.251 e. The van der Waals surface area contributed by atoms with Gasteiger partial charge in [-0.25, -0.2) is 0 Å². The highest BCUT2D eigenvalue weighted by atomic mass is 16.5. The van der Waals surface area contributed by atoms with Crippen LogP contribution in [0.25, 0.3) is 0 Å². The largest absolute Gasteiger partial charge is 0.493 e. The van der Waals surface area contributed by atoms with Crippen LogP contribution in [0.5, 0.6) is 17.2 Å². The molecular formula is C25H34N2O5. The van der Waals surface area contributed by atoms with Gasteiger partial charge in [0, 0.05) is 31.7 Å². The lowest BCUT2D eigenvalue weighted by molar-refractivity contribution is -0.0679. The normalized spacial score (nSPS) is 18.8. The molecule has 1 N–H and O–H groups in total. The van der Waals surface area contributed by atoms with E-state index in [0.29, 0.717) is 36.0 Å². The van der Waals surface area contributed by atoms with E-state index in [2.05, 4.69) is 24.1 Å². The van der Waals surface area contributed by atoms with E-state index in [1.165, 1.54) is 0 Å². The second-order valence-corrected chi connectivity index (χ2v) is 8.11. The van der Waals surface area contributed by atoms with E-state index >= 15 is 0 Å². The van der Waals surface area contributed by atoms with Crippen LogP contribution in [-0.4, -0.2) is 63.4 Å². The first-order valence-corrected chi connectivity index (χ1v) is 11.1. The van der Waals surface area contributed by atoms with Crippen molar-refractivity contribution in [2.75, 3.05) is 40.4 Å². The summed E-state index contributed by atoms with van der Waals surface area (Å²) in [5, 5.41) is 2.99. The van der Waals surface area contributed by atoms with Crippen molar-refractivity contribution in [3.63, 3.8) is 0 Å². The van der Waals surface area contributed by atoms with Gasteiger partial charge in [-0.05, 0) is 38.0 Å². The van der Waals surface area contributed by atoms with Crippen molar-refractivity contribution in [1.82, 2.24) is 10.2 Å². The van der Waals surface area contributed by atoms with Crippen molar-refractivity contribution in [2.45, 2.75) is 39.1 Å². The summed E-state index contributed by atoms with van der Waals surface area (Å²) in [7, 11) is 3.10. The maximum atomic E-state index is 12.7. The number of nitrogens with zero attached hydrogens (tertiary/aromatic N) is 1. The van der Waals surface area contributed by atoms with Crippen molar-refractivity contribution in [1.29, 1.82) is 0 Å². The summed E-state index contributed by atoms with van der Waals surface area (Å²) in [6.45, 7) is 7.94. The highest BCUT2D eigenvalue weighted by Gasteiger charge is 2.22. The first-order valence-electron chi connectivity index (χ1n) is 11.1. The van der Waals surface area contributed by atoms with Gasteiger partial charge in [0.2, 0.25) is 5.75 Å². The van der Waals surface area contributed by atoms with Crippen LogP contribution in [0.3, 0.4) is 0 Å². The molecule has 2 atom stereocenters. The topological polar surface area (TPSA) is 69.3 Å². The lowest BCUT2D eigenvalue weighted by Gasteiger charge is -2.35. The fourth-order valence-corrected chi connectivity index (χ4v) is 3.96. The summed E-state index contributed by atoms with van der Waals surface area (Å²) >= 11 is 0. The highest BCUT2D eigenvalue weighted by molar-refractivity contribution is 5.95. The zero-order valence-electron chi connectivity index (χ0n) is 19.4. The van der Waals surface area contributed by atoms with E-state index < -0.39 is 0 Å². The molecule has 7 heteroatoms. The van der Waals surface area contributed by atoms with Gasteiger partial charge in [-0.2, -0.15) is 0 Å². The number of rotatable bonds is 10. The number of ether oxygens (including phenoxy) is 4. The SMILES string of the molecule is COc1cc(C(=O)NCCCN2C[C@@H](C)O[C@@H](C)C2)cc(OC)c1OCc1ccccc1. The van der Waals surface area contributed by atoms with Gasteiger partial charge in [-0.3, -0.25) is 9.69 Å². The van der Waals surface area contributed by atoms with E-state index in [0.717, 1.165) is 31.6 Å². The Kier molecular flexibility index (Phi) is 8.76. The van der Waals surface area contributed by atoms with Crippen LogP contribution in [0.15, 0.2) is 42.5 Å². The molecule has 1 amide bonds. The number of benzene rings is 2. The number of hydrogen-bond donors (Lipinski definition) is 1. The van der Waals surface area contributed by atoms with Crippen LogP contribution in [0.2, 0.25) is 0 Å². The fourth-order valence-electron chi connectivity index (χ4n) is 3.96. The number of morpholine rings is 1. The first-order chi connectivity index (χ1) is 15.5. The van der Waals surface area contributed by atoms with Crippen molar-refractivity contribution in [3.05, 3.63) is 53.6 Å². The summed E-state index contributed by atoms with van der Waals surface area (Å²) < 4.78 is 22.7. The molecule has 2 aromatic carbocycles. The number of amides is 1. The maximum Gasteiger partial charge on any atom is 0.251 e. The Morgan fingerprint density at radius 2 is 1.69 bits per heavy atom. The Bertz CT molecular complexity index is 839. The molecule has 0 radical (unpaired) electrons. The Morgan fingerprint density at radius 3 is 2.28 bits per heavy atom. The lowest BCUT2D eigenvalue weighted by Crippen LogP contribution is -2.46. The van der Waals surface area contributed by atoms with Gasteiger partial charge in [0.15, 0.2) is 11.5 Å². The molecule has 0 spiro atoms. The molecule has 3 rings (SSSR count). The van der Waals surface area contributed by atoms with Crippen LogP contribution >= 0.6 is 0 Å². The number of nitrogens with one attached hydrogen (secondary N) is 1. The second-order valence-electron chi connectivity index (χ2n) is 8.11. The molecule has 0 aromatic heterocycles. The van der Waals surface area contributed by atoms with Crippen LogP contribution in [-0.2, 0) is 11.3 Å². The van der Waals surface area contributed by atoms with Crippen LogP contribution < -0.4 is 19.5 Å². The summed E-state index contributed by atoms with van der Waals surface area (Å²) in [4.78, 5) is 15.1. The predicted octanol–water partition coefficient (Wildman–Crippen LogP) is 3.51. The minimum atomic E-state index is -0.167. The summed E-state index contributed by atoms with van der Waals surface area (Å²) in [6.07, 6.45) is 1.37. The standard InChI is InChI=1S/C25H34N2O5/c1-18-15-27(16-19(2)32-18)12-8-11-26-25(28)21-13-22(29-3)24(23(14-21)30-4)31-17-20-9-6-5-7-10-20/h5-7,9-10,13-14,18-19H,8,11-12,15-17H2,1-4H3,(H,26,28)/t18-,19+. The molecule has 0 bridgehead atoms. The van der Waals surface area contributed by atoms with E-state index in [-0.39, 0.29) is 18.1 Å². The number of carbonyl (C=O) groups is 1. The van der Waals surface area contributed by atoms with Crippen LogP contribution in [0, 0.1) is 0 Å². The maximum absolute atomic E-state index is 12.7. The molecule has 1 saturated heterocycles. The number of methoxy groups -OCH3 is 2. The average Bonchev–Trinajstić information content (AvgIpc) is 2.79. The van der Waals surface area contributed by atoms with Crippen molar-refractivity contribution < 1.29 is 23.7 Å². The molecule has 0 unspecified atom stereocenters. The molecule has 174 valence electrons. The molecule has 32 heavy (non-hydrogen) atoms. The molecule has 0 aliphatic carbocycles. The van der Waals surface area contributed by atoms with Crippen LogP contribution in [0.1, 0.15) is 36.2 Å². The van der Waals surface area contributed by atoms with E-state index in [1.54, 1.807) is 26.4 Å². The Morgan fingerprint density at radius 1 is 1.06 bits per heavy atom. The third-order valence-electron chi connectivity index (χ3n) is 5.38. The van der Waals surface area contributed by atoms with Gasteiger partial charge >= 0.3 is 0 Å². The number of carbonyl (C=O) groups excluding carboxylic acids is 1. The Balaban J connectivity index is 1.57. The molecule has 2 aromatic rings. The Hall–Kier alpha value is -2.77. The first kappa shape index (κ1) is 23.9. The van der Waals surface area contributed by atoms with Gasteiger partial charge in [-0.15, -0.1) is 0 Å². The minimum Gasteiger partial charge on any atom is -0.493 e. The second kappa shape index (κ2) is 11.7. The molecule has 1 aliphatic rings. The van der Waals surface area contributed by atoms with Gasteiger partial charge in [0.25, 0.3) is 5.91 Å². The highest BCUT2D eigenvalue weighted by Crippen LogP contribution is 2.39. The van der Waals surface area contributed by atoms with E-state index in [4.69, 9.17) is 18.9 Å². The van der Waals surface area contributed by atoms with Crippen LogP contribution in [0.4, 0.5) is 0 Å². The van der Waals surface area contributed by atoms with Gasteiger partial charge in [-0.1, -0.05) is 30.3 Å². The minimum absolute atomic E-state index is 0.167. The number of hydrogen-bond acceptors (Lipinski definition) is 6. The van der Waals surface area contributed by atoms with Gasteiger partial charge < -0.3 is 24.3 Å². The molecule has 1 heterocycles. The molecular weight excluding hydrogens is 408 g/mol. The zero-order valence-corrected chi connectivity index (χ0v) is 19.4. The zero-order chi connectivity index (χ0) is 22.9. The Labute approximate surface area is 190 Å². The average molecular weight is 443 g/mol. The molecule has 1 fully saturated rings. The van der Waals surface area contributed by atoms with E-state index in [1.807, 2.05) is 30.3 Å². The molecule has 0 saturated carbocycles.